The van der Waals surface area contributed by atoms with E-state index in [1.54, 1.807) is 28.4 Å². The van der Waals surface area contributed by atoms with Crippen molar-refractivity contribution in [2.75, 3.05) is 32.1 Å². The zero-order valence-electron chi connectivity index (χ0n) is 16.9. The Morgan fingerprint density at radius 2 is 1.87 bits per heavy atom. The Hall–Kier alpha value is -1.58. The predicted molar refractivity (Wildman–Crippen MR) is 115 cm³/mol. The summed E-state index contributed by atoms with van der Waals surface area (Å²) < 4.78 is 44.3. The molecule has 2 aromatic rings. The van der Waals surface area contributed by atoms with Crippen LogP contribution < -0.4 is 0 Å². The fourth-order valence-electron chi connectivity index (χ4n) is 3.21. The molecule has 9 heteroatoms. The van der Waals surface area contributed by atoms with E-state index >= 15 is 0 Å². The summed E-state index contributed by atoms with van der Waals surface area (Å²) in [6.07, 6.45) is -3.90. The van der Waals surface area contributed by atoms with Gasteiger partial charge >= 0.3 is 6.18 Å². The number of nitrogens with zero attached hydrogens (tertiary/aromatic N) is 2. The number of hydrogen-bond acceptors (Lipinski definition) is 5. The normalized spacial score (nSPS) is 17.7. The van der Waals surface area contributed by atoms with Gasteiger partial charge in [0.2, 0.25) is 5.91 Å². The molecule has 0 bridgehead atoms. The van der Waals surface area contributed by atoms with Crippen LogP contribution >= 0.6 is 23.5 Å². The molecule has 1 aliphatic heterocycles. The van der Waals surface area contributed by atoms with Crippen molar-refractivity contribution in [2.24, 2.45) is 0 Å². The van der Waals surface area contributed by atoms with Crippen LogP contribution in [-0.4, -0.2) is 47.9 Å². The van der Waals surface area contributed by atoms with Crippen molar-refractivity contribution in [1.82, 2.24) is 9.80 Å². The Morgan fingerprint density at radius 3 is 2.53 bits per heavy atom. The van der Waals surface area contributed by atoms with E-state index < -0.39 is 11.7 Å². The lowest BCUT2D eigenvalue weighted by Gasteiger charge is -2.35. The van der Waals surface area contributed by atoms with Crippen molar-refractivity contribution in [1.29, 1.82) is 0 Å². The lowest BCUT2D eigenvalue weighted by molar-refractivity contribution is -0.137. The molecule has 1 amide bonds. The molecule has 0 N–H and O–H groups in total. The quantitative estimate of drug-likeness (QED) is 0.505. The van der Waals surface area contributed by atoms with Crippen LogP contribution in [0.15, 0.2) is 40.8 Å². The largest absolute Gasteiger partial charge is 0.464 e. The second-order valence-corrected chi connectivity index (χ2v) is 9.63. The van der Waals surface area contributed by atoms with Crippen molar-refractivity contribution < 1.29 is 22.4 Å². The van der Waals surface area contributed by atoms with Gasteiger partial charge in [0.05, 0.1) is 17.9 Å². The second-order valence-electron chi connectivity index (χ2n) is 7.34. The minimum atomic E-state index is -4.36. The summed E-state index contributed by atoms with van der Waals surface area (Å²) >= 11 is 3.27. The molecule has 1 aliphatic rings. The van der Waals surface area contributed by atoms with Crippen LogP contribution in [0.2, 0.25) is 0 Å². The molecule has 1 aromatic carbocycles. The molecule has 0 spiro atoms. The SMILES string of the molecule is CN(C)Cc1ccc(CSCCN2C(=O)CCSC2c2ccc(C(F)(F)F)cc2)o1. The predicted octanol–water partition coefficient (Wildman–Crippen LogP) is 5.26. The van der Waals surface area contributed by atoms with Crippen molar-refractivity contribution >= 4 is 29.4 Å². The fraction of sp³-hybridized carbons (Fsp3) is 0.476. The number of carbonyl (C=O) groups is 1. The number of rotatable bonds is 8. The number of benzene rings is 1. The van der Waals surface area contributed by atoms with Gasteiger partial charge in [-0.15, -0.1) is 11.8 Å². The van der Waals surface area contributed by atoms with E-state index in [4.69, 9.17) is 4.42 Å². The summed E-state index contributed by atoms with van der Waals surface area (Å²) in [6, 6.07) is 9.08. The summed E-state index contributed by atoms with van der Waals surface area (Å²) in [4.78, 5) is 16.3. The summed E-state index contributed by atoms with van der Waals surface area (Å²) in [5.74, 6) is 3.98. The van der Waals surface area contributed by atoms with Crippen LogP contribution in [0.25, 0.3) is 0 Å². The maximum atomic E-state index is 12.8. The highest BCUT2D eigenvalue weighted by Gasteiger charge is 2.32. The van der Waals surface area contributed by atoms with Crippen LogP contribution in [0, 0.1) is 0 Å². The first kappa shape index (κ1) is 23.1. The molecule has 30 heavy (non-hydrogen) atoms. The zero-order valence-corrected chi connectivity index (χ0v) is 18.6. The van der Waals surface area contributed by atoms with Gasteiger partial charge in [-0.05, 0) is 43.9 Å². The first-order chi connectivity index (χ1) is 14.2. The van der Waals surface area contributed by atoms with Crippen LogP contribution in [-0.2, 0) is 23.3 Å². The van der Waals surface area contributed by atoms with E-state index in [0.29, 0.717) is 24.5 Å². The molecule has 1 fully saturated rings. The van der Waals surface area contributed by atoms with Gasteiger partial charge < -0.3 is 14.2 Å². The molecular weight excluding hydrogens is 433 g/mol. The maximum Gasteiger partial charge on any atom is 0.416 e. The standard InChI is InChI=1S/C21H25F3N2O2S2/c1-25(2)13-17-7-8-18(28-17)14-29-12-10-26-19(27)9-11-30-20(26)15-3-5-16(6-4-15)21(22,23)24/h3-8,20H,9-14H2,1-2H3. The van der Waals surface area contributed by atoms with E-state index in [0.717, 1.165) is 41.5 Å². The molecule has 0 aliphatic carbocycles. The second kappa shape index (κ2) is 10.2. The molecule has 164 valence electrons. The molecule has 1 unspecified atom stereocenters. The highest BCUT2D eigenvalue weighted by molar-refractivity contribution is 7.99. The first-order valence-corrected chi connectivity index (χ1v) is 11.8. The molecular formula is C21H25F3N2O2S2. The third kappa shape index (κ3) is 6.21. The third-order valence-corrected chi connectivity index (χ3v) is 6.87. The Balaban J connectivity index is 1.56. The van der Waals surface area contributed by atoms with Crippen LogP contribution in [0.5, 0.6) is 0 Å². The Kier molecular flexibility index (Phi) is 7.81. The van der Waals surface area contributed by atoms with Gasteiger partial charge in [-0.1, -0.05) is 12.1 Å². The van der Waals surface area contributed by atoms with E-state index in [1.165, 1.54) is 12.1 Å². The van der Waals surface area contributed by atoms with Crippen molar-refractivity contribution in [2.45, 2.75) is 30.3 Å². The van der Waals surface area contributed by atoms with Gasteiger partial charge in [0.25, 0.3) is 0 Å². The van der Waals surface area contributed by atoms with E-state index in [-0.39, 0.29) is 11.3 Å². The number of carbonyl (C=O) groups excluding carboxylic acids is 1. The highest BCUT2D eigenvalue weighted by atomic mass is 32.2. The number of furan rings is 1. The van der Waals surface area contributed by atoms with Gasteiger partial charge in [0.15, 0.2) is 0 Å². The lowest BCUT2D eigenvalue weighted by Crippen LogP contribution is -2.38. The first-order valence-electron chi connectivity index (χ1n) is 9.62. The fourth-order valence-corrected chi connectivity index (χ4v) is 5.30. The lowest BCUT2D eigenvalue weighted by atomic mass is 10.1. The number of thioether (sulfide) groups is 2. The van der Waals surface area contributed by atoms with Crippen LogP contribution in [0.4, 0.5) is 13.2 Å². The van der Waals surface area contributed by atoms with Gasteiger partial charge in [-0.25, -0.2) is 0 Å². The zero-order chi connectivity index (χ0) is 21.7. The average molecular weight is 459 g/mol. The number of hydrogen-bond donors (Lipinski definition) is 0. The van der Waals surface area contributed by atoms with Crippen LogP contribution in [0.1, 0.15) is 34.4 Å². The summed E-state index contributed by atoms with van der Waals surface area (Å²) in [6.45, 7) is 1.30. The van der Waals surface area contributed by atoms with Gasteiger partial charge in [-0.3, -0.25) is 4.79 Å². The Morgan fingerprint density at radius 1 is 1.17 bits per heavy atom. The van der Waals surface area contributed by atoms with Crippen LogP contribution in [0.3, 0.4) is 0 Å². The minimum Gasteiger partial charge on any atom is -0.464 e. The smallest absolute Gasteiger partial charge is 0.416 e. The molecule has 0 saturated carbocycles. The molecule has 1 aromatic heterocycles. The molecule has 1 atom stereocenters. The maximum absolute atomic E-state index is 12.8. The topological polar surface area (TPSA) is 36.7 Å². The summed E-state index contributed by atoms with van der Waals surface area (Å²) in [7, 11) is 3.97. The van der Waals surface area contributed by atoms with E-state index in [9.17, 15) is 18.0 Å². The van der Waals surface area contributed by atoms with Gasteiger partial charge in [0.1, 0.15) is 16.9 Å². The third-order valence-electron chi connectivity index (χ3n) is 4.63. The Bertz CT molecular complexity index is 838. The van der Waals surface area contributed by atoms with Crippen molar-refractivity contribution in [3.63, 3.8) is 0 Å². The molecule has 3 rings (SSSR count). The summed E-state index contributed by atoms with van der Waals surface area (Å²) in [5, 5.41) is -0.246. The van der Waals surface area contributed by atoms with Gasteiger partial charge in [0, 0.05) is 24.5 Å². The minimum absolute atomic E-state index is 0.0468. The monoisotopic (exact) mass is 458 g/mol. The molecule has 0 radical (unpaired) electrons. The van der Waals surface area contributed by atoms with Crippen molar-refractivity contribution in [3.8, 4) is 0 Å². The number of halogens is 3. The highest BCUT2D eigenvalue weighted by Crippen LogP contribution is 2.38. The van der Waals surface area contributed by atoms with E-state index in [2.05, 4.69) is 0 Å². The molecule has 4 nitrogen and oxygen atoms in total. The van der Waals surface area contributed by atoms with E-state index in [1.807, 2.05) is 31.1 Å². The van der Waals surface area contributed by atoms with Crippen molar-refractivity contribution in [3.05, 3.63) is 59.0 Å². The molecule has 1 saturated heterocycles. The number of amides is 1. The average Bonchev–Trinajstić information content (AvgIpc) is 3.12. The molecule has 2 heterocycles. The van der Waals surface area contributed by atoms with Gasteiger partial charge in [-0.2, -0.15) is 24.9 Å². The number of alkyl halides is 3. The summed E-state index contributed by atoms with van der Waals surface area (Å²) in [5.41, 5.74) is 0.0537. The Labute approximate surface area is 183 Å².